The first kappa shape index (κ1) is 19.9. The number of carbonyl (C=O) groups is 2. The molecule has 1 aromatic heterocycles. The van der Waals surface area contributed by atoms with Crippen molar-refractivity contribution in [3.8, 4) is 5.75 Å². The number of carbonyl (C=O) groups excluding carboxylic acids is 2. The maximum Gasteiger partial charge on any atom is 0.258 e. The molecule has 1 aliphatic heterocycles. The summed E-state index contributed by atoms with van der Waals surface area (Å²) in [5.74, 6) is -0.409. The third kappa shape index (κ3) is 4.49. The molecule has 28 heavy (non-hydrogen) atoms. The van der Waals surface area contributed by atoms with Crippen molar-refractivity contribution < 1.29 is 18.7 Å². The first-order valence-electron chi connectivity index (χ1n) is 9.35. The van der Waals surface area contributed by atoms with Crippen LogP contribution in [0.15, 0.2) is 24.3 Å². The largest absolute Gasteiger partial charge is 0.496 e. The standard InChI is InChI=1S/C20H25FN4O3/c1-13(2)22-19(26)7-5-15-11-16-12-24(8-9-25(16)23-15)20(27)17-10-14(21)4-6-18(17)28-3/h4,6,10-11,13H,5,7-9,12H2,1-3H3,(H,22,26). The van der Waals surface area contributed by atoms with Crippen molar-refractivity contribution in [2.45, 2.75) is 45.8 Å². The molecule has 2 heterocycles. The van der Waals surface area contributed by atoms with Crippen LogP contribution in [0, 0.1) is 5.82 Å². The summed E-state index contributed by atoms with van der Waals surface area (Å²) in [6.07, 6.45) is 0.919. The molecule has 0 saturated carbocycles. The summed E-state index contributed by atoms with van der Waals surface area (Å²) < 4.78 is 20.7. The van der Waals surface area contributed by atoms with Crippen molar-refractivity contribution in [1.29, 1.82) is 0 Å². The molecule has 1 N–H and O–H groups in total. The highest BCUT2D eigenvalue weighted by molar-refractivity contribution is 5.97. The molecule has 0 bridgehead atoms. The summed E-state index contributed by atoms with van der Waals surface area (Å²) in [6, 6.07) is 5.96. The van der Waals surface area contributed by atoms with Gasteiger partial charge in [-0.1, -0.05) is 0 Å². The summed E-state index contributed by atoms with van der Waals surface area (Å²) in [6.45, 7) is 5.25. The van der Waals surface area contributed by atoms with Crippen LogP contribution in [0.4, 0.5) is 4.39 Å². The van der Waals surface area contributed by atoms with E-state index in [9.17, 15) is 14.0 Å². The molecular formula is C20H25FN4O3. The number of benzene rings is 1. The highest BCUT2D eigenvalue weighted by Gasteiger charge is 2.25. The third-order valence-electron chi connectivity index (χ3n) is 4.59. The Hall–Kier alpha value is -2.90. The van der Waals surface area contributed by atoms with Crippen molar-refractivity contribution in [2.24, 2.45) is 0 Å². The van der Waals surface area contributed by atoms with Gasteiger partial charge in [0.1, 0.15) is 11.6 Å². The molecule has 0 aliphatic carbocycles. The van der Waals surface area contributed by atoms with E-state index in [1.165, 1.54) is 25.3 Å². The Morgan fingerprint density at radius 2 is 2.07 bits per heavy atom. The summed E-state index contributed by atoms with van der Waals surface area (Å²) in [5.41, 5.74) is 1.93. The Labute approximate surface area is 163 Å². The van der Waals surface area contributed by atoms with Crippen LogP contribution >= 0.6 is 0 Å². The quantitative estimate of drug-likeness (QED) is 0.823. The maximum absolute atomic E-state index is 13.6. The maximum atomic E-state index is 13.6. The molecule has 7 nitrogen and oxygen atoms in total. The Morgan fingerprint density at radius 1 is 1.29 bits per heavy atom. The van der Waals surface area contributed by atoms with Gasteiger partial charge in [0.25, 0.3) is 5.91 Å². The summed E-state index contributed by atoms with van der Waals surface area (Å²) in [5, 5.41) is 7.39. The lowest BCUT2D eigenvalue weighted by atomic mass is 10.1. The number of rotatable bonds is 6. The third-order valence-corrected chi connectivity index (χ3v) is 4.59. The zero-order valence-electron chi connectivity index (χ0n) is 16.4. The van der Waals surface area contributed by atoms with Crippen LogP contribution in [0.5, 0.6) is 5.75 Å². The number of hydrogen-bond acceptors (Lipinski definition) is 4. The number of hydrogen-bond donors (Lipinski definition) is 1. The molecule has 8 heteroatoms. The minimum Gasteiger partial charge on any atom is -0.496 e. The number of fused-ring (bicyclic) bond motifs is 1. The van der Waals surface area contributed by atoms with Gasteiger partial charge in [0.15, 0.2) is 0 Å². The van der Waals surface area contributed by atoms with Gasteiger partial charge in [-0.25, -0.2) is 4.39 Å². The molecule has 0 atom stereocenters. The van der Waals surface area contributed by atoms with Crippen molar-refractivity contribution in [3.05, 3.63) is 47.0 Å². The zero-order chi connectivity index (χ0) is 20.3. The lowest BCUT2D eigenvalue weighted by Crippen LogP contribution is -2.38. The van der Waals surface area contributed by atoms with Crippen LogP contribution in [0.25, 0.3) is 0 Å². The monoisotopic (exact) mass is 388 g/mol. The molecule has 0 saturated heterocycles. The van der Waals surface area contributed by atoms with Crippen LogP contribution in [0.3, 0.4) is 0 Å². The normalized spacial score (nSPS) is 13.4. The number of methoxy groups -OCH3 is 1. The Morgan fingerprint density at radius 3 is 2.79 bits per heavy atom. The summed E-state index contributed by atoms with van der Waals surface area (Å²) >= 11 is 0. The lowest BCUT2D eigenvalue weighted by Gasteiger charge is -2.28. The van der Waals surface area contributed by atoms with E-state index in [0.717, 1.165) is 11.4 Å². The van der Waals surface area contributed by atoms with Gasteiger partial charge < -0.3 is 15.0 Å². The molecule has 0 unspecified atom stereocenters. The molecule has 1 aromatic carbocycles. The van der Waals surface area contributed by atoms with Crippen LogP contribution in [-0.2, 0) is 24.3 Å². The van der Waals surface area contributed by atoms with Crippen molar-refractivity contribution in [2.75, 3.05) is 13.7 Å². The van der Waals surface area contributed by atoms with Gasteiger partial charge in [0.05, 0.1) is 37.2 Å². The fraction of sp³-hybridized carbons (Fsp3) is 0.450. The zero-order valence-corrected chi connectivity index (χ0v) is 16.4. The predicted octanol–water partition coefficient (Wildman–Crippen LogP) is 2.14. The van der Waals surface area contributed by atoms with Crippen molar-refractivity contribution in [1.82, 2.24) is 20.0 Å². The number of amides is 2. The molecule has 0 radical (unpaired) electrons. The van der Waals surface area contributed by atoms with Crippen LogP contribution in [0.1, 0.15) is 42.0 Å². The molecule has 2 amide bonds. The smallest absolute Gasteiger partial charge is 0.258 e. The number of aryl methyl sites for hydroxylation is 1. The first-order chi connectivity index (χ1) is 13.4. The molecule has 1 aliphatic rings. The second-order valence-electron chi connectivity index (χ2n) is 7.14. The fourth-order valence-electron chi connectivity index (χ4n) is 3.27. The molecule has 150 valence electrons. The van der Waals surface area contributed by atoms with Gasteiger partial charge in [-0.05, 0) is 38.1 Å². The van der Waals surface area contributed by atoms with E-state index in [1.54, 1.807) is 4.90 Å². The highest BCUT2D eigenvalue weighted by atomic mass is 19.1. The van der Waals surface area contributed by atoms with Gasteiger partial charge >= 0.3 is 0 Å². The predicted molar refractivity (Wildman–Crippen MR) is 102 cm³/mol. The number of aromatic nitrogens is 2. The molecule has 0 spiro atoms. The van der Waals surface area contributed by atoms with E-state index in [4.69, 9.17) is 4.74 Å². The van der Waals surface area contributed by atoms with E-state index >= 15 is 0 Å². The van der Waals surface area contributed by atoms with E-state index in [-0.39, 0.29) is 23.4 Å². The second-order valence-corrected chi connectivity index (χ2v) is 7.14. The van der Waals surface area contributed by atoms with Gasteiger partial charge in [0.2, 0.25) is 5.91 Å². The van der Waals surface area contributed by atoms with Crippen LogP contribution in [0.2, 0.25) is 0 Å². The van der Waals surface area contributed by atoms with Gasteiger partial charge in [-0.3, -0.25) is 14.3 Å². The SMILES string of the molecule is COc1ccc(F)cc1C(=O)N1CCn2nc(CCC(=O)NC(C)C)cc2C1. The molecule has 0 fully saturated rings. The minimum absolute atomic E-state index is 0.00373. The Bertz CT molecular complexity index is 878. The van der Waals surface area contributed by atoms with Crippen LogP contribution < -0.4 is 10.1 Å². The van der Waals surface area contributed by atoms with Crippen LogP contribution in [-0.4, -0.2) is 46.2 Å². The summed E-state index contributed by atoms with van der Waals surface area (Å²) in [7, 11) is 1.46. The molecular weight excluding hydrogens is 363 g/mol. The lowest BCUT2D eigenvalue weighted by molar-refractivity contribution is -0.121. The topological polar surface area (TPSA) is 76.5 Å². The van der Waals surface area contributed by atoms with Gasteiger partial charge in [0, 0.05) is 25.4 Å². The van der Waals surface area contributed by atoms with E-state index in [1.807, 2.05) is 24.6 Å². The van der Waals surface area contributed by atoms with E-state index in [2.05, 4.69) is 10.4 Å². The average Bonchev–Trinajstić information content (AvgIpc) is 3.07. The highest BCUT2D eigenvalue weighted by Crippen LogP contribution is 2.23. The van der Waals surface area contributed by atoms with Gasteiger partial charge in [-0.2, -0.15) is 5.10 Å². The number of ether oxygens (including phenoxy) is 1. The molecule has 3 rings (SSSR count). The fourth-order valence-corrected chi connectivity index (χ4v) is 3.27. The van der Waals surface area contributed by atoms with Crippen molar-refractivity contribution in [3.63, 3.8) is 0 Å². The average molecular weight is 388 g/mol. The van der Waals surface area contributed by atoms with Crippen molar-refractivity contribution >= 4 is 11.8 Å². The Kier molecular flexibility index (Phi) is 5.96. The number of nitrogens with zero attached hydrogens (tertiary/aromatic N) is 3. The second kappa shape index (κ2) is 8.41. The van der Waals surface area contributed by atoms with E-state index < -0.39 is 5.82 Å². The Balaban J connectivity index is 1.68. The van der Waals surface area contributed by atoms with Gasteiger partial charge in [-0.15, -0.1) is 0 Å². The summed E-state index contributed by atoms with van der Waals surface area (Å²) in [4.78, 5) is 26.3. The number of nitrogens with one attached hydrogen (secondary N) is 1. The molecule has 2 aromatic rings. The number of halogens is 1. The minimum atomic E-state index is -0.479. The first-order valence-corrected chi connectivity index (χ1v) is 9.35. The van der Waals surface area contributed by atoms with E-state index in [0.29, 0.717) is 38.2 Å².